The molecule has 0 amide bonds. The Morgan fingerprint density at radius 1 is 0.431 bits per heavy atom. The van der Waals surface area contributed by atoms with Crippen molar-refractivity contribution < 1.29 is 0 Å². The Bertz CT molecular complexity index is 2640. The number of rotatable bonds is 8. The first-order valence-electron chi connectivity index (χ1n) is 21.4. The molecule has 0 aliphatic heterocycles. The second-order valence-electron chi connectivity index (χ2n) is 16.9. The van der Waals surface area contributed by atoms with Gasteiger partial charge in [0.05, 0.1) is 23.5 Å². The standard InChI is InChI=1S/C55H55N3/c1-34-30-35(2)54(36(3)31-34)56-38(5)50-28-15-29-51(58-50)39(6)57-55-37(4)32-44(47-26-13-22-42-20-11-18-40-16-7-9-24-45(40)52(42)47)33-49(55)48-27-14-23-43-21-12-19-41-17-8-10-25-46(41)53(43)48/h7-10,13-17,22-33,38-39,56-57H,11-12,18-21H2,1-6H3. The van der Waals surface area contributed by atoms with Gasteiger partial charge in [-0.05, 0) is 182 Å². The van der Waals surface area contributed by atoms with E-state index in [1.165, 1.54) is 101 Å². The van der Waals surface area contributed by atoms with Crippen LogP contribution >= 0.6 is 0 Å². The van der Waals surface area contributed by atoms with Crippen molar-refractivity contribution in [2.24, 2.45) is 0 Å². The lowest BCUT2D eigenvalue weighted by molar-refractivity contribution is 0.779. The largest absolute Gasteiger partial charge is 0.377 e. The van der Waals surface area contributed by atoms with Gasteiger partial charge in [-0.3, -0.25) is 4.98 Å². The maximum atomic E-state index is 5.30. The number of aromatic nitrogens is 1. The summed E-state index contributed by atoms with van der Waals surface area (Å²) in [4.78, 5) is 5.30. The van der Waals surface area contributed by atoms with Crippen molar-refractivity contribution in [2.45, 2.75) is 92.2 Å². The molecule has 0 fully saturated rings. The number of aryl methyl sites for hydroxylation is 8. The zero-order chi connectivity index (χ0) is 39.9. The minimum atomic E-state index is -0.0345. The molecule has 0 radical (unpaired) electrons. The maximum absolute atomic E-state index is 5.30. The minimum absolute atomic E-state index is 0.0345. The van der Waals surface area contributed by atoms with Gasteiger partial charge in [-0.1, -0.05) is 109 Å². The Labute approximate surface area is 345 Å². The molecule has 1 heterocycles. The molecule has 3 heteroatoms. The van der Waals surface area contributed by atoms with Gasteiger partial charge in [0.15, 0.2) is 0 Å². The van der Waals surface area contributed by atoms with E-state index in [1.54, 1.807) is 0 Å². The number of hydrogen-bond donors (Lipinski definition) is 2. The van der Waals surface area contributed by atoms with Crippen LogP contribution in [0.5, 0.6) is 0 Å². The lowest BCUT2D eigenvalue weighted by Gasteiger charge is -2.25. The Balaban J connectivity index is 1.17. The van der Waals surface area contributed by atoms with Crippen LogP contribution in [-0.4, -0.2) is 4.98 Å². The van der Waals surface area contributed by atoms with Crippen molar-refractivity contribution in [3.8, 4) is 44.5 Å². The molecule has 3 nitrogen and oxygen atoms in total. The van der Waals surface area contributed by atoms with Gasteiger partial charge in [0.25, 0.3) is 0 Å². The van der Waals surface area contributed by atoms with Crippen LogP contribution in [0.4, 0.5) is 11.4 Å². The molecule has 9 rings (SSSR count). The fourth-order valence-corrected chi connectivity index (χ4v) is 9.91. The average Bonchev–Trinajstić information content (AvgIpc) is 3.55. The van der Waals surface area contributed by atoms with Crippen molar-refractivity contribution in [2.75, 3.05) is 10.6 Å². The predicted molar refractivity (Wildman–Crippen MR) is 246 cm³/mol. The summed E-state index contributed by atoms with van der Waals surface area (Å²) in [5, 5.41) is 7.85. The Morgan fingerprint density at radius 3 is 1.48 bits per heavy atom. The Morgan fingerprint density at radius 2 is 0.879 bits per heavy atom. The number of nitrogens with one attached hydrogen (secondary N) is 2. The van der Waals surface area contributed by atoms with E-state index in [1.807, 2.05) is 0 Å². The first-order chi connectivity index (χ1) is 28.2. The fourth-order valence-electron chi connectivity index (χ4n) is 9.91. The van der Waals surface area contributed by atoms with Crippen molar-refractivity contribution in [1.29, 1.82) is 0 Å². The van der Waals surface area contributed by atoms with Gasteiger partial charge >= 0.3 is 0 Å². The van der Waals surface area contributed by atoms with Gasteiger partial charge in [0.2, 0.25) is 0 Å². The highest BCUT2D eigenvalue weighted by molar-refractivity contribution is 5.97. The monoisotopic (exact) mass is 757 g/mol. The van der Waals surface area contributed by atoms with Gasteiger partial charge in [0.1, 0.15) is 0 Å². The third-order valence-electron chi connectivity index (χ3n) is 12.7. The summed E-state index contributed by atoms with van der Waals surface area (Å²) in [6, 6.07) is 48.0. The van der Waals surface area contributed by atoms with E-state index in [9.17, 15) is 0 Å². The van der Waals surface area contributed by atoms with Crippen molar-refractivity contribution in [1.82, 2.24) is 4.98 Å². The van der Waals surface area contributed by atoms with Gasteiger partial charge in [-0.15, -0.1) is 0 Å². The van der Waals surface area contributed by atoms with Crippen LogP contribution in [0, 0.1) is 27.7 Å². The van der Waals surface area contributed by atoms with Gasteiger partial charge in [-0.2, -0.15) is 0 Å². The van der Waals surface area contributed by atoms with Crippen LogP contribution in [0.3, 0.4) is 0 Å². The van der Waals surface area contributed by atoms with E-state index in [2.05, 4.69) is 180 Å². The van der Waals surface area contributed by atoms with Crippen LogP contribution in [0.2, 0.25) is 0 Å². The Kier molecular flexibility index (Phi) is 10.2. The number of fused-ring (bicyclic) bond motifs is 6. The van der Waals surface area contributed by atoms with E-state index in [4.69, 9.17) is 4.98 Å². The molecule has 290 valence electrons. The summed E-state index contributed by atoms with van der Waals surface area (Å²) < 4.78 is 0. The second kappa shape index (κ2) is 15.8. The molecule has 58 heavy (non-hydrogen) atoms. The third kappa shape index (κ3) is 7.13. The maximum Gasteiger partial charge on any atom is 0.0657 e. The molecule has 0 spiro atoms. The lowest BCUT2D eigenvalue weighted by Crippen LogP contribution is -2.15. The van der Waals surface area contributed by atoms with Crippen molar-refractivity contribution in [3.05, 3.63) is 183 Å². The van der Waals surface area contributed by atoms with E-state index >= 15 is 0 Å². The zero-order valence-corrected chi connectivity index (χ0v) is 35.0. The molecule has 2 aliphatic carbocycles. The van der Waals surface area contributed by atoms with E-state index in [0.717, 1.165) is 49.2 Å². The van der Waals surface area contributed by atoms with Crippen LogP contribution in [0.25, 0.3) is 44.5 Å². The number of hydrogen-bond acceptors (Lipinski definition) is 3. The van der Waals surface area contributed by atoms with Gasteiger partial charge < -0.3 is 10.6 Å². The van der Waals surface area contributed by atoms with Gasteiger partial charge in [-0.25, -0.2) is 0 Å². The fraction of sp³-hybridized carbons (Fsp3) is 0.255. The molecular weight excluding hydrogens is 703 g/mol. The summed E-state index contributed by atoms with van der Waals surface area (Å²) in [5.41, 5.74) is 25.9. The topological polar surface area (TPSA) is 37.0 Å². The molecule has 2 N–H and O–H groups in total. The smallest absolute Gasteiger partial charge is 0.0657 e. The predicted octanol–water partition coefficient (Wildman–Crippen LogP) is 14.3. The van der Waals surface area contributed by atoms with Crippen LogP contribution in [0.15, 0.2) is 127 Å². The van der Waals surface area contributed by atoms with E-state index in [-0.39, 0.29) is 12.1 Å². The number of benzene rings is 6. The van der Waals surface area contributed by atoms with Crippen LogP contribution in [0.1, 0.15) is 94.7 Å². The number of nitrogens with zero attached hydrogens (tertiary/aromatic N) is 1. The highest BCUT2D eigenvalue weighted by atomic mass is 15.0. The highest BCUT2D eigenvalue weighted by Crippen LogP contribution is 2.47. The molecule has 0 bridgehead atoms. The first kappa shape index (κ1) is 37.6. The molecule has 2 unspecified atom stereocenters. The van der Waals surface area contributed by atoms with E-state index < -0.39 is 0 Å². The van der Waals surface area contributed by atoms with Crippen molar-refractivity contribution >= 4 is 11.4 Å². The number of anilines is 2. The van der Waals surface area contributed by atoms with Crippen LogP contribution in [-0.2, 0) is 25.7 Å². The molecule has 0 saturated heterocycles. The summed E-state index contributed by atoms with van der Waals surface area (Å²) >= 11 is 0. The summed E-state index contributed by atoms with van der Waals surface area (Å²) in [5.74, 6) is 0. The number of pyridine rings is 1. The summed E-state index contributed by atoms with van der Waals surface area (Å²) in [6.45, 7) is 13.3. The lowest BCUT2D eigenvalue weighted by atomic mass is 9.84. The second-order valence-corrected chi connectivity index (χ2v) is 16.9. The molecule has 7 aromatic rings. The SMILES string of the molecule is Cc1cc(C)c(NC(C)c2cccc(C(C)Nc3c(C)cc(-c4cccc5c4-c4ccccc4CCC5)cc3-c3cccc4c3-c3ccccc3CCC4)n2)c(C)c1. The van der Waals surface area contributed by atoms with Gasteiger partial charge in [0, 0.05) is 16.9 Å². The molecule has 6 aromatic carbocycles. The highest BCUT2D eigenvalue weighted by Gasteiger charge is 2.25. The molecule has 2 atom stereocenters. The molecular formula is C55H55N3. The van der Waals surface area contributed by atoms with Crippen molar-refractivity contribution in [3.63, 3.8) is 0 Å². The third-order valence-corrected chi connectivity index (χ3v) is 12.7. The summed E-state index contributed by atoms with van der Waals surface area (Å²) in [7, 11) is 0. The van der Waals surface area contributed by atoms with E-state index in [0.29, 0.717) is 0 Å². The average molecular weight is 758 g/mol. The molecule has 0 saturated carbocycles. The molecule has 2 aliphatic rings. The first-order valence-corrected chi connectivity index (χ1v) is 21.4. The normalized spacial score (nSPS) is 14.2. The zero-order valence-electron chi connectivity index (χ0n) is 35.0. The minimum Gasteiger partial charge on any atom is -0.377 e. The molecule has 1 aromatic heterocycles. The summed E-state index contributed by atoms with van der Waals surface area (Å²) in [6.07, 6.45) is 6.70. The quantitative estimate of drug-likeness (QED) is 0.162. The van der Waals surface area contributed by atoms with Crippen LogP contribution < -0.4 is 10.6 Å². The Hall–Kier alpha value is -5.93.